The van der Waals surface area contributed by atoms with Gasteiger partial charge in [-0.2, -0.15) is 4.31 Å². The second-order valence-corrected chi connectivity index (χ2v) is 9.11. The maximum Gasteiger partial charge on any atom is 0.243 e. The number of piperidine rings is 1. The molecule has 0 saturated carbocycles. The van der Waals surface area contributed by atoms with E-state index in [0.29, 0.717) is 6.54 Å². The summed E-state index contributed by atoms with van der Waals surface area (Å²) in [5.74, 6) is 0.810. The highest BCUT2D eigenvalue weighted by Gasteiger charge is 2.35. The third-order valence-electron chi connectivity index (χ3n) is 5.40. The largest absolute Gasteiger partial charge is 0.508 e. The molecular weight excluding hydrogens is 360 g/mol. The standard InChI is InChI=1S/C18H28N2O3S.ClH/c1-15-7-11-19(12-8-15)13-9-16-4-3-10-20(16)24(22,23)18-6-2-5-17(21)14-18;/h2,5-6,14-16,21H,3-4,7-13H2,1H3;1H/t16-;/m1./s1. The molecule has 0 spiro atoms. The van der Waals surface area contributed by atoms with Crippen LogP contribution in [0.3, 0.4) is 0 Å². The van der Waals surface area contributed by atoms with E-state index in [0.717, 1.165) is 44.8 Å². The number of sulfonamides is 1. The Hall–Kier alpha value is -0.820. The van der Waals surface area contributed by atoms with Crippen LogP contribution in [0.5, 0.6) is 5.75 Å². The minimum absolute atomic E-state index is 0. The first-order valence-corrected chi connectivity index (χ1v) is 10.4. The molecule has 2 aliphatic rings. The van der Waals surface area contributed by atoms with Crippen molar-refractivity contribution in [1.29, 1.82) is 0 Å². The first-order chi connectivity index (χ1) is 11.5. The minimum Gasteiger partial charge on any atom is -0.508 e. The van der Waals surface area contributed by atoms with E-state index >= 15 is 0 Å². The van der Waals surface area contributed by atoms with Crippen molar-refractivity contribution < 1.29 is 13.5 Å². The molecule has 0 bridgehead atoms. The molecule has 1 aromatic carbocycles. The first kappa shape index (κ1) is 20.5. The SMILES string of the molecule is CC1CCN(CC[C@H]2CCCN2S(=O)(=O)c2cccc(O)c2)CC1.Cl. The summed E-state index contributed by atoms with van der Waals surface area (Å²) in [5.41, 5.74) is 0. The van der Waals surface area contributed by atoms with Gasteiger partial charge < -0.3 is 10.0 Å². The summed E-state index contributed by atoms with van der Waals surface area (Å²) in [6, 6.07) is 6.07. The Morgan fingerprint density at radius 1 is 1.16 bits per heavy atom. The highest BCUT2D eigenvalue weighted by atomic mass is 35.5. The molecule has 25 heavy (non-hydrogen) atoms. The molecule has 7 heteroatoms. The second kappa shape index (κ2) is 8.71. The highest BCUT2D eigenvalue weighted by molar-refractivity contribution is 7.89. The van der Waals surface area contributed by atoms with Crippen molar-refractivity contribution in [3.05, 3.63) is 24.3 Å². The van der Waals surface area contributed by atoms with E-state index in [9.17, 15) is 13.5 Å². The van der Waals surface area contributed by atoms with E-state index < -0.39 is 10.0 Å². The van der Waals surface area contributed by atoms with Crippen LogP contribution in [0, 0.1) is 5.92 Å². The number of aromatic hydroxyl groups is 1. The Bertz CT molecular complexity index is 660. The van der Waals surface area contributed by atoms with Crippen molar-refractivity contribution >= 4 is 22.4 Å². The second-order valence-electron chi connectivity index (χ2n) is 7.22. The highest BCUT2D eigenvalue weighted by Crippen LogP contribution is 2.29. The minimum atomic E-state index is -3.52. The van der Waals surface area contributed by atoms with E-state index in [1.54, 1.807) is 16.4 Å². The summed E-state index contributed by atoms with van der Waals surface area (Å²) < 4.78 is 27.4. The quantitative estimate of drug-likeness (QED) is 0.841. The molecule has 1 aromatic rings. The van der Waals surface area contributed by atoms with Gasteiger partial charge in [-0.05, 0) is 75.9 Å². The normalized spacial score (nSPS) is 23.5. The summed E-state index contributed by atoms with van der Waals surface area (Å²) in [4.78, 5) is 2.67. The Morgan fingerprint density at radius 3 is 2.56 bits per heavy atom. The van der Waals surface area contributed by atoms with Gasteiger partial charge in [-0.3, -0.25) is 0 Å². The predicted molar refractivity (Wildman–Crippen MR) is 102 cm³/mol. The predicted octanol–water partition coefficient (Wildman–Crippen LogP) is 3.09. The lowest BCUT2D eigenvalue weighted by molar-refractivity contribution is 0.179. The van der Waals surface area contributed by atoms with E-state index in [-0.39, 0.29) is 29.1 Å². The van der Waals surface area contributed by atoms with Crippen LogP contribution in [0.15, 0.2) is 29.2 Å². The van der Waals surface area contributed by atoms with E-state index in [2.05, 4.69) is 11.8 Å². The van der Waals surface area contributed by atoms with Crippen LogP contribution in [0.25, 0.3) is 0 Å². The van der Waals surface area contributed by atoms with Crippen molar-refractivity contribution in [1.82, 2.24) is 9.21 Å². The Labute approximate surface area is 157 Å². The molecule has 0 aliphatic carbocycles. The van der Waals surface area contributed by atoms with Gasteiger partial charge in [0.2, 0.25) is 10.0 Å². The number of likely N-dealkylation sites (tertiary alicyclic amines) is 1. The maximum atomic E-state index is 12.9. The van der Waals surface area contributed by atoms with Crippen molar-refractivity contribution in [3.8, 4) is 5.75 Å². The summed E-state index contributed by atoms with van der Waals surface area (Å²) in [6.07, 6.45) is 5.24. The molecule has 2 heterocycles. The van der Waals surface area contributed by atoms with E-state index in [1.807, 2.05) is 0 Å². The lowest BCUT2D eigenvalue weighted by atomic mass is 9.99. The van der Waals surface area contributed by atoms with E-state index in [1.165, 1.54) is 25.0 Å². The summed E-state index contributed by atoms with van der Waals surface area (Å²) in [6.45, 7) is 6.13. The Morgan fingerprint density at radius 2 is 1.88 bits per heavy atom. The third-order valence-corrected chi connectivity index (χ3v) is 7.35. The van der Waals surface area contributed by atoms with Crippen LogP contribution in [-0.2, 0) is 10.0 Å². The summed E-state index contributed by atoms with van der Waals surface area (Å²) in [5, 5.41) is 9.59. The molecule has 5 nitrogen and oxygen atoms in total. The number of phenolic OH excluding ortho intramolecular Hbond substituents is 1. The molecule has 2 aliphatic heterocycles. The smallest absolute Gasteiger partial charge is 0.243 e. The van der Waals surface area contributed by atoms with Crippen LogP contribution in [0.2, 0.25) is 0 Å². The molecule has 142 valence electrons. The lowest BCUT2D eigenvalue weighted by Crippen LogP contribution is -2.40. The number of phenols is 1. The average Bonchev–Trinajstić information content (AvgIpc) is 3.04. The van der Waals surface area contributed by atoms with Crippen LogP contribution in [-0.4, -0.2) is 55.0 Å². The van der Waals surface area contributed by atoms with Gasteiger partial charge in [0.25, 0.3) is 0 Å². The molecule has 2 saturated heterocycles. The van der Waals surface area contributed by atoms with Gasteiger partial charge in [-0.15, -0.1) is 12.4 Å². The van der Waals surface area contributed by atoms with Crippen molar-refractivity contribution in [2.24, 2.45) is 5.92 Å². The number of nitrogens with zero attached hydrogens (tertiary/aromatic N) is 2. The number of benzene rings is 1. The zero-order valence-corrected chi connectivity index (χ0v) is 16.4. The van der Waals surface area contributed by atoms with E-state index in [4.69, 9.17) is 0 Å². The molecule has 0 amide bonds. The number of halogens is 1. The van der Waals surface area contributed by atoms with Crippen molar-refractivity contribution in [3.63, 3.8) is 0 Å². The van der Waals surface area contributed by atoms with Crippen LogP contribution < -0.4 is 0 Å². The monoisotopic (exact) mass is 388 g/mol. The summed E-state index contributed by atoms with van der Waals surface area (Å²) >= 11 is 0. The van der Waals surface area contributed by atoms with Crippen LogP contribution in [0.4, 0.5) is 0 Å². The molecule has 1 N–H and O–H groups in total. The van der Waals surface area contributed by atoms with Gasteiger partial charge in [0.05, 0.1) is 4.90 Å². The zero-order valence-electron chi connectivity index (χ0n) is 14.8. The first-order valence-electron chi connectivity index (χ1n) is 9.00. The van der Waals surface area contributed by atoms with Crippen LogP contribution in [0.1, 0.15) is 39.0 Å². The van der Waals surface area contributed by atoms with Gasteiger partial charge in [0, 0.05) is 12.6 Å². The maximum absolute atomic E-state index is 12.9. The molecule has 3 rings (SSSR count). The van der Waals surface area contributed by atoms with Gasteiger partial charge in [0.15, 0.2) is 0 Å². The molecule has 1 atom stereocenters. The number of hydrogen-bond donors (Lipinski definition) is 1. The van der Waals surface area contributed by atoms with Crippen molar-refractivity contribution in [2.75, 3.05) is 26.2 Å². The van der Waals surface area contributed by atoms with Gasteiger partial charge in [0.1, 0.15) is 5.75 Å². The fourth-order valence-electron chi connectivity index (χ4n) is 3.81. The molecular formula is C18H29ClN2O3S. The number of rotatable bonds is 5. The lowest BCUT2D eigenvalue weighted by Gasteiger charge is -2.32. The number of hydrogen-bond acceptors (Lipinski definition) is 4. The third kappa shape index (κ3) is 4.88. The molecule has 0 unspecified atom stereocenters. The van der Waals surface area contributed by atoms with Gasteiger partial charge >= 0.3 is 0 Å². The topological polar surface area (TPSA) is 60.9 Å². The molecule has 2 fully saturated rings. The summed E-state index contributed by atoms with van der Waals surface area (Å²) in [7, 11) is -3.52. The molecule has 0 radical (unpaired) electrons. The fourth-order valence-corrected chi connectivity index (χ4v) is 5.57. The fraction of sp³-hybridized carbons (Fsp3) is 0.667. The van der Waals surface area contributed by atoms with Gasteiger partial charge in [-0.25, -0.2) is 8.42 Å². The Kier molecular flexibility index (Phi) is 7.14. The molecule has 0 aromatic heterocycles. The average molecular weight is 389 g/mol. The van der Waals surface area contributed by atoms with Crippen molar-refractivity contribution in [2.45, 2.75) is 50.0 Å². The Balaban J connectivity index is 0.00000225. The van der Waals surface area contributed by atoms with Gasteiger partial charge in [-0.1, -0.05) is 13.0 Å². The zero-order chi connectivity index (χ0) is 17.2. The van der Waals surface area contributed by atoms with Crippen LogP contribution >= 0.6 is 12.4 Å².